The first-order valence-electron chi connectivity index (χ1n) is 8.23. The third-order valence-corrected chi connectivity index (χ3v) is 5.00. The van der Waals surface area contributed by atoms with Crippen molar-refractivity contribution in [1.82, 2.24) is 20.4 Å². The predicted octanol–water partition coefficient (Wildman–Crippen LogP) is 1.76. The number of nitrogens with one attached hydrogen (secondary N) is 1. The van der Waals surface area contributed by atoms with Crippen LogP contribution in [0, 0.1) is 0 Å². The highest BCUT2D eigenvalue weighted by Gasteiger charge is 2.21. The van der Waals surface area contributed by atoms with E-state index >= 15 is 0 Å². The van der Waals surface area contributed by atoms with E-state index in [1.54, 1.807) is 22.4 Å². The molecule has 0 radical (unpaired) electrons. The Balaban J connectivity index is 1.46. The molecule has 3 rings (SSSR count). The molecule has 2 aromatic rings. The summed E-state index contributed by atoms with van der Waals surface area (Å²) in [7, 11) is 1.86. The number of carbonyl (C=O) groups is 1. The molecular weight excluding hydrogens is 322 g/mol. The Morgan fingerprint density at radius 1 is 1.50 bits per heavy atom. The van der Waals surface area contributed by atoms with Gasteiger partial charge in [0.05, 0.1) is 6.54 Å². The number of amides is 1. The van der Waals surface area contributed by atoms with Crippen molar-refractivity contribution in [3.8, 4) is 0 Å². The molecule has 0 saturated carbocycles. The number of nitrogens with zero attached hydrogens (tertiary/aromatic N) is 4. The summed E-state index contributed by atoms with van der Waals surface area (Å²) in [6, 6.07) is 6.25. The third kappa shape index (κ3) is 4.52. The Morgan fingerprint density at radius 2 is 2.42 bits per heavy atom. The van der Waals surface area contributed by atoms with E-state index in [1.165, 1.54) is 5.56 Å². The first-order chi connectivity index (χ1) is 11.7. The molecule has 1 aliphatic rings. The van der Waals surface area contributed by atoms with E-state index in [4.69, 9.17) is 0 Å². The van der Waals surface area contributed by atoms with Crippen LogP contribution in [0.2, 0.25) is 0 Å². The van der Waals surface area contributed by atoms with Gasteiger partial charge in [0.15, 0.2) is 5.82 Å². The number of aromatic nitrogens is 2. The molecule has 0 aliphatic carbocycles. The molecule has 1 N–H and O–H groups in total. The zero-order chi connectivity index (χ0) is 16.8. The molecule has 0 spiro atoms. The maximum atomic E-state index is 12.3. The molecule has 0 bridgehead atoms. The van der Waals surface area contributed by atoms with Gasteiger partial charge in [-0.1, -0.05) is 0 Å². The highest BCUT2D eigenvalue weighted by atomic mass is 32.1. The average molecular weight is 345 g/mol. The Morgan fingerprint density at radius 3 is 3.17 bits per heavy atom. The van der Waals surface area contributed by atoms with Gasteiger partial charge in [0.2, 0.25) is 5.91 Å². The van der Waals surface area contributed by atoms with Crippen LogP contribution in [0.3, 0.4) is 0 Å². The van der Waals surface area contributed by atoms with Gasteiger partial charge in [-0.2, -0.15) is 16.4 Å². The van der Waals surface area contributed by atoms with Crippen LogP contribution in [-0.2, 0) is 11.3 Å². The lowest BCUT2D eigenvalue weighted by atomic mass is 10.1. The molecule has 128 valence electrons. The van der Waals surface area contributed by atoms with Crippen LogP contribution in [0.4, 0.5) is 5.82 Å². The number of thiophene rings is 1. The summed E-state index contributed by atoms with van der Waals surface area (Å²) in [4.78, 5) is 16.3. The highest BCUT2D eigenvalue weighted by Crippen LogP contribution is 2.16. The van der Waals surface area contributed by atoms with Gasteiger partial charge in [-0.3, -0.25) is 4.79 Å². The second kappa shape index (κ2) is 8.21. The third-order valence-electron chi connectivity index (χ3n) is 4.27. The van der Waals surface area contributed by atoms with Gasteiger partial charge in [-0.15, -0.1) is 5.10 Å². The molecule has 7 heteroatoms. The van der Waals surface area contributed by atoms with E-state index < -0.39 is 0 Å². The van der Waals surface area contributed by atoms with Crippen molar-refractivity contribution in [2.45, 2.75) is 25.4 Å². The maximum absolute atomic E-state index is 12.3. The van der Waals surface area contributed by atoms with E-state index in [1.807, 2.05) is 24.6 Å². The monoisotopic (exact) mass is 345 g/mol. The number of hydrogen-bond donors (Lipinski definition) is 1. The van der Waals surface area contributed by atoms with Crippen molar-refractivity contribution in [2.75, 3.05) is 31.6 Å². The van der Waals surface area contributed by atoms with E-state index in [9.17, 15) is 4.79 Å². The summed E-state index contributed by atoms with van der Waals surface area (Å²) in [6.07, 6.45) is 3.86. The summed E-state index contributed by atoms with van der Waals surface area (Å²) in [5.74, 6) is 1.03. The van der Waals surface area contributed by atoms with Crippen LogP contribution in [0.25, 0.3) is 0 Å². The van der Waals surface area contributed by atoms with E-state index in [0.717, 1.165) is 31.7 Å². The Kier molecular flexibility index (Phi) is 5.77. The van der Waals surface area contributed by atoms with E-state index in [-0.39, 0.29) is 5.91 Å². The fourth-order valence-corrected chi connectivity index (χ4v) is 3.58. The van der Waals surface area contributed by atoms with Gasteiger partial charge in [0, 0.05) is 38.9 Å². The number of hydrogen-bond acceptors (Lipinski definition) is 6. The lowest BCUT2D eigenvalue weighted by molar-refractivity contribution is -0.129. The molecule has 1 atom stereocenters. The molecule has 6 nitrogen and oxygen atoms in total. The van der Waals surface area contributed by atoms with Gasteiger partial charge in [-0.25, -0.2) is 0 Å². The van der Waals surface area contributed by atoms with Crippen LogP contribution in [0.15, 0.2) is 35.2 Å². The van der Waals surface area contributed by atoms with Gasteiger partial charge in [-0.05, 0) is 47.4 Å². The molecule has 0 aromatic carbocycles. The van der Waals surface area contributed by atoms with E-state index in [2.05, 4.69) is 31.9 Å². The molecule has 24 heavy (non-hydrogen) atoms. The second-order valence-electron chi connectivity index (χ2n) is 6.13. The molecule has 2 aromatic heterocycles. The zero-order valence-corrected chi connectivity index (χ0v) is 14.7. The normalized spacial score (nSPS) is 17.7. The first-order valence-corrected chi connectivity index (χ1v) is 9.18. The Labute approximate surface area is 146 Å². The molecule has 1 unspecified atom stereocenters. The minimum Gasteiger partial charge on any atom is -0.354 e. The lowest BCUT2D eigenvalue weighted by Crippen LogP contribution is -2.48. The fourth-order valence-electron chi connectivity index (χ4n) is 2.93. The number of likely N-dealkylation sites (N-methyl/N-ethyl adjacent to an activating group) is 1. The van der Waals surface area contributed by atoms with Crippen molar-refractivity contribution in [3.05, 3.63) is 40.7 Å². The van der Waals surface area contributed by atoms with Crippen molar-refractivity contribution < 1.29 is 4.79 Å². The number of rotatable bonds is 6. The second-order valence-corrected chi connectivity index (χ2v) is 6.91. The predicted molar refractivity (Wildman–Crippen MR) is 96.1 cm³/mol. The lowest BCUT2D eigenvalue weighted by Gasteiger charge is -2.33. The Bertz CT molecular complexity index is 634. The summed E-state index contributed by atoms with van der Waals surface area (Å²) in [5.41, 5.74) is 1.18. The van der Waals surface area contributed by atoms with Crippen LogP contribution in [0.1, 0.15) is 18.4 Å². The maximum Gasteiger partial charge on any atom is 0.236 e. The van der Waals surface area contributed by atoms with Crippen LogP contribution in [-0.4, -0.2) is 53.7 Å². The van der Waals surface area contributed by atoms with Crippen molar-refractivity contribution in [3.63, 3.8) is 0 Å². The van der Waals surface area contributed by atoms with Crippen LogP contribution < -0.4 is 10.2 Å². The quantitative estimate of drug-likeness (QED) is 0.864. The summed E-state index contributed by atoms with van der Waals surface area (Å²) in [6.45, 7) is 2.89. The summed E-state index contributed by atoms with van der Waals surface area (Å²) in [5, 5.41) is 15.6. The molecule has 3 heterocycles. The molecular formula is C17H23N5OS. The van der Waals surface area contributed by atoms with Crippen LogP contribution >= 0.6 is 11.3 Å². The van der Waals surface area contributed by atoms with Crippen molar-refractivity contribution in [1.29, 1.82) is 0 Å². The standard InChI is InChI=1S/C17H23N5OS/c1-21(11-14-6-9-24-13-14)17(23)10-18-15-4-3-8-22(12-15)16-5-2-7-19-20-16/h2,5-7,9,13,15,18H,3-4,8,10-12H2,1H3. The fraction of sp³-hybridized carbons (Fsp3) is 0.471. The highest BCUT2D eigenvalue weighted by molar-refractivity contribution is 7.07. The summed E-state index contributed by atoms with van der Waals surface area (Å²) < 4.78 is 0. The average Bonchev–Trinajstić information content (AvgIpc) is 3.13. The smallest absolute Gasteiger partial charge is 0.236 e. The minimum atomic E-state index is 0.123. The number of carbonyl (C=O) groups excluding carboxylic acids is 1. The molecule has 1 aliphatic heterocycles. The van der Waals surface area contributed by atoms with Gasteiger partial charge in [0.1, 0.15) is 0 Å². The molecule has 1 saturated heterocycles. The topological polar surface area (TPSA) is 61.4 Å². The van der Waals surface area contributed by atoms with Gasteiger partial charge in [0.25, 0.3) is 0 Å². The number of anilines is 1. The number of piperidine rings is 1. The van der Waals surface area contributed by atoms with Crippen LogP contribution in [0.5, 0.6) is 0 Å². The largest absolute Gasteiger partial charge is 0.354 e. The minimum absolute atomic E-state index is 0.123. The SMILES string of the molecule is CN(Cc1ccsc1)C(=O)CNC1CCCN(c2cccnn2)C1. The van der Waals surface area contributed by atoms with Crippen molar-refractivity contribution in [2.24, 2.45) is 0 Å². The molecule has 1 fully saturated rings. The van der Waals surface area contributed by atoms with Gasteiger partial charge >= 0.3 is 0 Å². The van der Waals surface area contributed by atoms with Crippen molar-refractivity contribution >= 4 is 23.1 Å². The first kappa shape index (κ1) is 16.9. The van der Waals surface area contributed by atoms with Gasteiger partial charge < -0.3 is 15.1 Å². The Hall–Kier alpha value is -1.99. The zero-order valence-electron chi connectivity index (χ0n) is 13.9. The van der Waals surface area contributed by atoms with E-state index in [0.29, 0.717) is 19.1 Å². The molecule has 1 amide bonds. The summed E-state index contributed by atoms with van der Waals surface area (Å²) >= 11 is 1.66.